The fraction of sp³-hybridized carbons (Fsp3) is 0.562. The number of halogens is 1. The lowest BCUT2D eigenvalue weighted by molar-refractivity contribution is 0.195. The van der Waals surface area contributed by atoms with Crippen molar-refractivity contribution in [3.05, 3.63) is 29.8 Å². The van der Waals surface area contributed by atoms with Gasteiger partial charge in [0.2, 0.25) is 0 Å². The lowest BCUT2D eigenvalue weighted by atomic mass is 10.2. The molecule has 0 saturated carbocycles. The highest BCUT2D eigenvalue weighted by atomic mass is 127. The van der Waals surface area contributed by atoms with Crippen LogP contribution in [0.1, 0.15) is 18.9 Å². The summed E-state index contributed by atoms with van der Waals surface area (Å²) in [6.45, 7) is 5.21. The van der Waals surface area contributed by atoms with E-state index in [0.29, 0.717) is 6.54 Å². The Kier molecular flexibility index (Phi) is 11.9. The Morgan fingerprint density at radius 3 is 2.68 bits per heavy atom. The van der Waals surface area contributed by atoms with Crippen LogP contribution >= 0.6 is 24.0 Å². The molecule has 0 aliphatic heterocycles. The summed E-state index contributed by atoms with van der Waals surface area (Å²) in [5.74, 6) is 0.851. The minimum Gasteiger partial charge on any atom is -0.385 e. The van der Waals surface area contributed by atoms with Gasteiger partial charge in [-0.15, -0.1) is 24.0 Å². The first-order valence-electron chi connectivity index (χ1n) is 7.44. The van der Waals surface area contributed by atoms with E-state index >= 15 is 0 Å². The molecule has 5 nitrogen and oxygen atoms in total. The Labute approximate surface area is 151 Å². The van der Waals surface area contributed by atoms with Crippen LogP contribution in [0.15, 0.2) is 29.3 Å². The Bertz CT molecular complexity index is 438. The highest BCUT2D eigenvalue weighted by Gasteiger charge is 1.99. The van der Waals surface area contributed by atoms with E-state index in [2.05, 4.69) is 51.7 Å². The van der Waals surface area contributed by atoms with Crippen LogP contribution in [0.25, 0.3) is 0 Å². The van der Waals surface area contributed by atoms with Crippen LogP contribution < -0.4 is 15.5 Å². The van der Waals surface area contributed by atoms with Crippen molar-refractivity contribution in [2.75, 3.05) is 45.8 Å². The van der Waals surface area contributed by atoms with Crippen LogP contribution in [-0.4, -0.2) is 46.9 Å². The number of rotatable bonds is 8. The lowest BCUT2D eigenvalue weighted by Crippen LogP contribution is -2.38. The maximum Gasteiger partial charge on any atom is 0.191 e. The van der Waals surface area contributed by atoms with Crippen LogP contribution in [0, 0.1) is 0 Å². The minimum absolute atomic E-state index is 0. The second-order valence-corrected chi connectivity index (χ2v) is 5.03. The molecule has 0 fully saturated rings. The molecule has 126 valence electrons. The molecule has 0 unspecified atom stereocenters. The number of nitrogens with one attached hydrogen (secondary N) is 2. The zero-order valence-electron chi connectivity index (χ0n) is 14.1. The van der Waals surface area contributed by atoms with Crippen LogP contribution in [0.3, 0.4) is 0 Å². The first-order chi connectivity index (χ1) is 10.2. The molecular formula is C16H29IN4O. The van der Waals surface area contributed by atoms with E-state index < -0.39 is 0 Å². The van der Waals surface area contributed by atoms with Crippen LogP contribution in [-0.2, 0) is 11.3 Å². The lowest BCUT2D eigenvalue weighted by Gasteiger charge is -2.14. The van der Waals surface area contributed by atoms with Gasteiger partial charge in [0.1, 0.15) is 0 Å². The van der Waals surface area contributed by atoms with E-state index in [4.69, 9.17) is 4.74 Å². The van der Waals surface area contributed by atoms with Gasteiger partial charge in [-0.3, -0.25) is 0 Å². The third-order valence-electron chi connectivity index (χ3n) is 3.01. The molecule has 2 N–H and O–H groups in total. The van der Waals surface area contributed by atoms with Crippen molar-refractivity contribution in [1.82, 2.24) is 10.6 Å². The summed E-state index contributed by atoms with van der Waals surface area (Å²) < 4.78 is 5.04. The van der Waals surface area contributed by atoms with Crippen molar-refractivity contribution in [3.8, 4) is 0 Å². The van der Waals surface area contributed by atoms with Gasteiger partial charge in [0.25, 0.3) is 0 Å². The largest absolute Gasteiger partial charge is 0.385 e. The maximum absolute atomic E-state index is 5.04. The highest BCUT2D eigenvalue weighted by Crippen LogP contribution is 2.13. The normalized spacial score (nSPS) is 10.8. The number of hydrogen-bond acceptors (Lipinski definition) is 3. The molecule has 1 rings (SSSR count). The number of benzene rings is 1. The summed E-state index contributed by atoms with van der Waals surface area (Å²) >= 11 is 0. The molecule has 0 saturated heterocycles. The third kappa shape index (κ3) is 8.43. The third-order valence-corrected chi connectivity index (χ3v) is 3.01. The van der Waals surface area contributed by atoms with Crippen molar-refractivity contribution in [2.45, 2.75) is 19.9 Å². The highest BCUT2D eigenvalue weighted by molar-refractivity contribution is 14.0. The Morgan fingerprint density at radius 2 is 2.05 bits per heavy atom. The molecule has 0 aliphatic carbocycles. The monoisotopic (exact) mass is 420 g/mol. The van der Waals surface area contributed by atoms with Gasteiger partial charge in [0, 0.05) is 46.6 Å². The Balaban J connectivity index is 0.00000441. The molecule has 1 aromatic rings. The van der Waals surface area contributed by atoms with Crippen LogP contribution in [0.2, 0.25) is 0 Å². The van der Waals surface area contributed by atoms with Crippen molar-refractivity contribution in [3.63, 3.8) is 0 Å². The quantitative estimate of drug-likeness (QED) is 0.294. The molecule has 0 heterocycles. The number of guanidine groups is 1. The predicted octanol–water partition coefficient (Wildman–Crippen LogP) is 2.46. The molecule has 0 bridgehead atoms. The molecule has 22 heavy (non-hydrogen) atoms. The van der Waals surface area contributed by atoms with Gasteiger partial charge in [0.05, 0.1) is 6.54 Å². The number of ether oxygens (including phenoxy) is 1. The van der Waals surface area contributed by atoms with Gasteiger partial charge in [-0.25, -0.2) is 4.99 Å². The van der Waals surface area contributed by atoms with E-state index in [9.17, 15) is 0 Å². The molecule has 0 radical (unpaired) electrons. The summed E-state index contributed by atoms with van der Waals surface area (Å²) in [5.41, 5.74) is 2.40. The summed E-state index contributed by atoms with van der Waals surface area (Å²) in [4.78, 5) is 6.72. The standard InChI is InChI=1S/C16H28N4O.HI/c1-5-17-16(18-10-7-11-21-4)19-13-14-8-6-9-15(12-14)20(2)3;/h6,8-9,12H,5,7,10-11,13H2,1-4H3,(H2,17,18,19);1H. The zero-order valence-corrected chi connectivity index (χ0v) is 16.4. The first-order valence-corrected chi connectivity index (χ1v) is 7.44. The number of anilines is 1. The second kappa shape index (κ2) is 12.5. The average Bonchev–Trinajstić information content (AvgIpc) is 2.49. The summed E-state index contributed by atoms with van der Waals surface area (Å²) in [6.07, 6.45) is 0.969. The zero-order chi connectivity index (χ0) is 15.5. The Morgan fingerprint density at radius 1 is 1.27 bits per heavy atom. The minimum atomic E-state index is 0. The predicted molar refractivity (Wildman–Crippen MR) is 105 cm³/mol. The van der Waals surface area contributed by atoms with Gasteiger partial charge < -0.3 is 20.3 Å². The molecule has 1 aromatic carbocycles. The van der Waals surface area contributed by atoms with Crippen molar-refractivity contribution in [1.29, 1.82) is 0 Å². The van der Waals surface area contributed by atoms with E-state index in [1.54, 1.807) is 7.11 Å². The molecule has 0 aromatic heterocycles. The molecule has 0 amide bonds. The van der Waals surface area contributed by atoms with Gasteiger partial charge in [-0.1, -0.05) is 12.1 Å². The molecule has 6 heteroatoms. The molecule has 0 aliphatic rings. The summed E-state index contributed by atoms with van der Waals surface area (Å²) in [7, 11) is 5.81. The molecule has 0 spiro atoms. The van der Waals surface area contributed by atoms with E-state index in [-0.39, 0.29) is 24.0 Å². The number of aliphatic imine (C=N–C) groups is 1. The van der Waals surface area contributed by atoms with Crippen molar-refractivity contribution in [2.24, 2.45) is 4.99 Å². The van der Waals surface area contributed by atoms with E-state index in [1.165, 1.54) is 11.3 Å². The fourth-order valence-corrected chi connectivity index (χ4v) is 1.87. The SMILES string of the molecule is CCNC(=NCc1cccc(N(C)C)c1)NCCCOC.I. The van der Waals surface area contributed by atoms with Gasteiger partial charge >= 0.3 is 0 Å². The van der Waals surface area contributed by atoms with Crippen molar-refractivity contribution < 1.29 is 4.74 Å². The van der Waals surface area contributed by atoms with Gasteiger partial charge in [-0.2, -0.15) is 0 Å². The van der Waals surface area contributed by atoms with Crippen LogP contribution in [0.5, 0.6) is 0 Å². The second-order valence-electron chi connectivity index (χ2n) is 5.03. The van der Waals surface area contributed by atoms with Crippen molar-refractivity contribution >= 4 is 35.6 Å². The van der Waals surface area contributed by atoms with Crippen LogP contribution in [0.4, 0.5) is 5.69 Å². The van der Waals surface area contributed by atoms with E-state index in [1.807, 2.05) is 14.1 Å². The van der Waals surface area contributed by atoms with Gasteiger partial charge in [-0.05, 0) is 31.0 Å². The average molecular weight is 420 g/mol. The molecular weight excluding hydrogens is 391 g/mol. The first kappa shape index (κ1) is 21.0. The number of methoxy groups -OCH3 is 1. The summed E-state index contributed by atoms with van der Waals surface area (Å²) in [6, 6.07) is 8.43. The molecule has 0 atom stereocenters. The van der Waals surface area contributed by atoms with Gasteiger partial charge in [0.15, 0.2) is 5.96 Å². The Hall–Kier alpha value is -1.02. The fourth-order valence-electron chi connectivity index (χ4n) is 1.87. The van der Waals surface area contributed by atoms with E-state index in [0.717, 1.165) is 32.1 Å². The number of nitrogens with zero attached hydrogens (tertiary/aromatic N) is 2. The summed E-state index contributed by atoms with van der Waals surface area (Å²) in [5, 5.41) is 6.57. The smallest absolute Gasteiger partial charge is 0.191 e. The number of hydrogen-bond donors (Lipinski definition) is 2. The topological polar surface area (TPSA) is 48.9 Å². The maximum atomic E-state index is 5.04.